The second-order valence-electron chi connectivity index (χ2n) is 7.46. The molecular formula is C23H23N5OS. The van der Waals surface area contributed by atoms with Gasteiger partial charge in [0, 0.05) is 40.1 Å². The van der Waals surface area contributed by atoms with E-state index < -0.39 is 0 Å². The molecule has 4 rings (SSSR count). The zero-order valence-corrected chi connectivity index (χ0v) is 17.9. The van der Waals surface area contributed by atoms with Gasteiger partial charge in [0.1, 0.15) is 11.5 Å². The van der Waals surface area contributed by atoms with Gasteiger partial charge in [0.05, 0.1) is 6.20 Å². The number of carbonyl (C=O) groups excluding carboxylic acids is 1. The molecule has 0 spiro atoms. The van der Waals surface area contributed by atoms with Crippen LogP contribution in [0.5, 0.6) is 0 Å². The molecule has 2 aromatic heterocycles. The van der Waals surface area contributed by atoms with Crippen LogP contribution in [-0.2, 0) is 0 Å². The van der Waals surface area contributed by atoms with Crippen molar-refractivity contribution in [3.05, 3.63) is 72.2 Å². The third kappa shape index (κ3) is 4.02. The summed E-state index contributed by atoms with van der Waals surface area (Å²) in [6, 6.07) is 13.6. The summed E-state index contributed by atoms with van der Waals surface area (Å²) in [6.45, 7) is 5.92. The summed E-state index contributed by atoms with van der Waals surface area (Å²) in [5, 5.41) is 6.35. The molecule has 0 saturated carbocycles. The quantitative estimate of drug-likeness (QED) is 0.405. The molecule has 4 aromatic rings. The number of aryl methyl sites for hydroxylation is 1. The van der Waals surface area contributed by atoms with Crippen LogP contribution in [0.4, 0.5) is 11.5 Å². The lowest BCUT2D eigenvalue weighted by molar-refractivity contribution is 0.0943. The zero-order valence-electron chi connectivity index (χ0n) is 17.0. The first-order chi connectivity index (χ1) is 14.4. The van der Waals surface area contributed by atoms with E-state index in [0.717, 1.165) is 38.9 Å². The smallest absolute Gasteiger partial charge is 0.251 e. The molecule has 6 nitrogen and oxygen atoms in total. The maximum atomic E-state index is 12.2. The van der Waals surface area contributed by atoms with Gasteiger partial charge < -0.3 is 10.6 Å². The van der Waals surface area contributed by atoms with Crippen molar-refractivity contribution >= 4 is 35.7 Å². The Labute approximate surface area is 180 Å². The van der Waals surface area contributed by atoms with Gasteiger partial charge >= 0.3 is 0 Å². The van der Waals surface area contributed by atoms with E-state index in [-0.39, 0.29) is 11.9 Å². The van der Waals surface area contributed by atoms with Crippen molar-refractivity contribution in [2.75, 3.05) is 5.32 Å². The average molecular weight is 418 g/mol. The molecule has 0 unspecified atom stereocenters. The molecule has 2 N–H and O–H groups in total. The highest BCUT2D eigenvalue weighted by atomic mass is 32.1. The van der Waals surface area contributed by atoms with Crippen LogP contribution in [0.3, 0.4) is 0 Å². The topological polar surface area (TPSA) is 71.3 Å². The van der Waals surface area contributed by atoms with Crippen LogP contribution in [-0.4, -0.2) is 26.3 Å². The molecule has 1 amide bonds. The van der Waals surface area contributed by atoms with E-state index in [0.29, 0.717) is 5.56 Å². The summed E-state index contributed by atoms with van der Waals surface area (Å²) in [5.41, 5.74) is 5.06. The number of anilines is 2. The lowest BCUT2D eigenvalue weighted by Gasteiger charge is -2.12. The number of amides is 1. The van der Waals surface area contributed by atoms with Crippen LogP contribution in [0, 0.1) is 6.92 Å². The lowest BCUT2D eigenvalue weighted by Crippen LogP contribution is -2.29. The fraction of sp³-hybridized carbons (Fsp3) is 0.174. The fourth-order valence-corrected chi connectivity index (χ4v) is 3.63. The van der Waals surface area contributed by atoms with Gasteiger partial charge in [-0.2, -0.15) is 0 Å². The predicted octanol–water partition coefficient (Wildman–Crippen LogP) is 4.88. The van der Waals surface area contributed by atoms with Crippen LogP contribution in [0.1, 0.15) is 29.8 Å². The maximum Gasteiger partial charge on any atom is 0.251 e. The summed E-state index contributed by atoms with van der Waals surface area (Å²) < 4.78 is 1.95. The van der Waals surface area contributed by atoms with Gasteiger partial charge in [0.2, 0.25) is 0 Å². The molecule has 2 heterocycles. The normalized spacial score (nSPS) is 11.1. The van der Waals surface area contributed by atoms with Crippen molar-refractivity contribution in [2.24, 2.45) is 0 Å². The molecule has 0 atom stereocenters. The second kappa shape index (κ2) is 8.20. The molecule has 0 aliphatic carbocycles. The molecule has 0 bridgehead atoms. The number of carbonyl (C=O) groups is 1. The molecule has 0 fully saturated rings. The van der Waals surface area contributed by atoms with E-state index in [2.05, 4.69) is 28.2 Å². The summed E-state index contributed by atoms with van der Waals surface area (Å²) in [4.78, 5) is 22.0. The molecule has 0 saturated heterocycles. The Bertz CT molecular complexity index is 1210. The number of rotatable bonds is 5. The number of hydrogen-bond donors (Lipinski definition) is 3. The summed E-state index contributed by atoms with van der Waals surface area (Å²) in [7, 11) is 0. The summed E-state index contributed by atoms with van der Waals surface area (Å²) >= 11 is 4.66. The molecule has 30 heavy (non-hydrogen) atoms. The van der Waals surface area contributed by atoms with E-state index in [9.17, 15) is 4.79 Å². The standard InChI is InChI=1S/C23H23N5OS/c1-14(2)25-23(29)16-5-7-17(8-6-16)26-22-21(18-9-4-15(3)12-19(18)30)27-20-13-24-10-11-28(20)22/h4-14,26,30H,1-3H3,(H,25,29). The van der Waals surface area contributed by atoms with E-state index in [1.54, 1.807) is 24.5 Å². The minimum absolute atomic E-state index is 0.0857. The number of imidazole rings is 1. The number of benzene rings is 2. The third-order valence-corrected chi connectivity index (χ3v) is 5.04. The Hall–Kier alpha value is -3.32. The molecule has 0 aliphatic rings. The molecule has 0 aliphatic heterocycles. The first-order valence-corrected chi connectivity index (χ1v) is 10.2. The largest absolute Gasteiger partial charge is 0.350 e. The van der Waals surface area contributed by atoms with Gasteiger partial charge in [-0.25, -0.2) is 4.98 Å². The first kappa shape index (κ1) is 20.0. The van der Waals surface area contributed by atoms with Crippen LogP contribution in [0.25, 0.3) is 16.9 Å². The van der Waals surface area contributed by atoms with Gasteiger partial charge in [-0.3, -0.25) is 14.2 Å². The van der Waals surface area contributed by atoms with Crippen molar-refractivity contribution in [2.45, 2.75) is 31.7 Å². The molecule has 152 valence electrons. The SMILES string of the molecule is Cc1ccc(-c2nc3cnccn3c2Nc2ccc(C(=O)NC(C)C)cc2)c(S)c1. The minimum atomic E-state index is -0.0857. The van der Waals surface area contributed by atoms with Crippen LogP contribution in [0.15, 0.2) is 66.0 Å². The Morgan fingerprint density at radius 1 is 1.13 bits per heavy atom. The number of thiol groups is 1. The average Bonchev–Trinajstić information content (AvgIpc) is 3.06. The van der Waals surface area contributed by atoms with Gasteiger partial charge in [0.15, 0.2) is 5.65 Å². The van der Waals surface area contributed by atoms with Crippen molar-refractivity contribution in [3.63, 3.8) is 0 Å². The Morgan fingerprint density at radius 2 is 1.90 bits per heavy atom. The molecule has 7 heteroatoms. The molecule has 2 aromatic carbocycles. The van der Waals surface area contributed by atoms with Gasteiger partial charge in [-0.05, 0) is 56.7 Å². The maximum absolute atomic E-state index is 12.2. The minimum Gasteiger partial charge on any atom is -0.350 e. The molecule has 0 radical (unpaired) electrons. The van der Waals surface area contributed by atoms with E-state index in [1.807, 2.05) is 61.7 Å². The zero-order chi connectivity index (χ0) is 21.3. The van der Waals surface area contributed by atoms with Crippen LogP contribution in [0.2, 0.25) is 0 Å². The van der Waals surface area contributed by atoms with E-state index >= 15 is 0 Å². The monoisotopic (exact) mass is 417 g/mol. The Kier molecular flexibility index (Phi) is 5.46. The highest BCUT2D eigenvalue weighted by Gasteiger charge is 2.17. The number of hydrogen-bond acceptors (Lipinski definition) is 5. The fourth-order valence-electron chi connectivity index (χ4n) is 3.24. The highest BCUT2D eigenvalue weighted by molar-refractivity contribution is 7.80. The number of nitrogens with zero attached hydrogens (tertiary/aromatic N) is 3. The van der Waals surface area contributed by atoms with Crippen LogP contribution >= 0.6 is 12.6 Å². The number of fused-ring (bicyclic) bond motifs is 1. The van der Waals surface area contributed by atoms with Gasteiger partial charge in [-0.1, -0.05) is 12.1 Å². The number of nitrogens with one attached hydrogen (secondary N) is 2. The van der Waals surface area contributed by atoms with Crippen molar-refractivity contribution in [1.29, 1.82) is 0 Å². The predicted molar refractivity (Wildman–Crippen MR) is 123 cm³/mol. The summed E-state index contributed by atoms with van der Waals surface area (Å²) in [5.74, 6) is 0.725. The van der Waals surface area contributed by atoms with Crippen molar-refractivity contribution in [3.8, 4) is 11.3 Å². The van der Waals surface area contributed by atoms with Crippen molar-refractivity contribution < 1.29 is 4.79 Å². The Morgan fingerprint density at radius 3 is 2.60 bits per heavy atom. The first-order valence-electron chi connectivity index (χ1n) is 9.72. The van der Waals surface area contributed by atoms with Gasteiger partial charge in [0.25, 0.3) is 5.91 Å². The van der Waals surface area contributed by atoms with E-state index in [4.69, 9.17) is 4.98 Å². The van der Waals surface area contributed by atoms with Crippen LogP contribution < -0.4 is 10.6 Å². The molecular weight excluding hydrogens is 394 g/mol. The number of aromatic nitrogens is 3. The highest BCUT2D eigenvalue weighted by Crippen LogP contribution is 2.34. The van der Waals surface area contributed by atoms with Crippen molar-refractivity contribution in [1.82, 2.24) is 19.7 Å². The third-order valence-electron chi connectivity index (χ3n) is 4.67. The van der Waals surface area contributed by atoms with E-state index in [1.165, 1.54) is 0 Å². The van der Waals surface area contributed by atoms with Gasteiger partial charge in [-0.15, -0.1) is 12.6 Å². The second-order valence-corrected chi connectivity index (χ2v) is 7.95. The lowest BCUT2D eigenvalue weighted by atomic mass is 10.1. The summed E-state index contributed by atoms with van der Waals surface area (Å²) in [6.07, 6.45) is 5.31. The Balaban J connectivity index is 1.73.